The van der Waals surface area contributed by atoms with E-state index < -0.39 is 5.43 Å². The topological polar surface area (TPSA) is 26.3 Å². The number of alkyl halides is 1. The lowest BCUT2D eigenvalue weighted by atomic mass is 9.98. The molecule has 0 bridgehead atoms. The van der Waals surface area contributed by atoms with Crippen LogP contribution < -0.4 is 0 Å². The maximum atomic E-state index is 10.1. The third kappa shape index (κ3) is 4.89. The van der Waals surface area contributed by atoms with E-state index in [0.717, 1.165) is 0 Å². The SMILES string of the molecule is CC(C)(CCl)COC(=O)Cl. The van der Waals surface area contributed by atoms with Gasteiger partial charge in [-0.05, 0) is 0 Å². The van der Waals surface area contributed by atoms with Crippen molar-refractivity contribution < 1.29 is 9.53 Å². The molecule has 0 aliphatic rings. The average molecular weight is 185 g/mol. The van der Waals surface area contributed by atoms with E-state index in [2.05, 4.69) is 4.74 Å². The first-order valence-corrected chi connectivity index (χ1v) is 3.77. The molecule has 0 amide bonds. The van der Waals surface area contributed by atoms with Crippen molar-refractivity contribution in [2.24, 2.45) is 5.41 Å². The molecule has 0 aromatic heterocycles. The van der Waals surface area contributed by atoms with Crippen LogP contribution in [0.15, 0.2) is 0 Å². The summed E-state index contributed by atoms with van der Waals surface area (Å²) in [5, 5.41) is 0. The molecule has 4 heteroatoms. The van der Waals surface area contributed by atoms with Gasteiger partial charge in [-0.3, -0.25) is 0 Å². The minimum atomic E-state index is -0.779. The number of carbonyl (C=O) groups excluding carboxylic acids is 1. The van der Waals surface area contributed by atoms with Gasteiger partial charge in [0, 0.05) is 22.9 Å². The number of hydrogen-bond donors (Lipinski definition) is 0. The maximum Gasteiger partial charge on any atom is 0.403 e. The van der Waals surface area contributed by atoms with E-state index in [1.807, 2.05) is 13.8 Å². The van der Waals surface area contributed by atoms with Gasteiger partial charge in [0.2, 0.25) is 0 Å². The second-order valence-electron chi connectivity index (χ2n) is 2.82. The Morgan fingerprint density at radius 3 is 2.40 bits per heavy atom. The van der Waals surface area contributed by atoms with Crippen LogP contribution in [-0.2, 0) is 4.74 Å². The molecule has 0 atom stereocenters. The Morgan fingerprint density at radius 1 is 1.60 bits per heavy atom. The summed E-state index contributed by atoms with van der Waals surface area (Å²) in [6, 6.07) is 0. The van der Waals surface area contributed by atoms with Crippen LogP contribution in [0.2, 0.25) is 0 Å². The van der Waals surface area contributed by atoms with Gasteiger partial charge in [0.05, 0.1) is 6.61 Å². The largest absolute Gasteiger partial charge is 0.453 e. The summed E-state index contributed by atoms with van der Waals surface area (Å²) in [7, 11) is 0. The zero-order valence-corrected chi connectivity index (χ0v) is 7.50. The van der Waals surface area contributed by atoms with Gasteiger partial charge < -0.3 is 4.74 Å². The smallest absolute Gasteiger partial charge is 0.403 e. The Bertz CT molecular complexity index is 123. The third-order valence-corrected chi connectivity index (χ3v) is 1.77. The van der Waals surface area contributed by atoms with Crippen LogP contribution in [0.3, 0.4) is 0 Å². The third-order valence-electron chi connectivity index (χ3n) is 0.938. The fourth-order valence-electron chi connectivity index (χ4n) is 0.291. The molecule has 0 saturated heterocycles. The van der Waals surface area contributed by atoms with Crippen molar-refractivity contribution in [3.63, 3.8) is 0 Å². The minimum absolute atomic E-state index is 0.188. The van der Waals surface area contributed by atoms with Gasteiger partial charge in [0.15, 0.2) is 0 Å². The predicted molar refractivity (Wildman–Crippen MR) is 41.7 cm³/mol. The first-order chi connectivity index (χ1) is 4.48. The first-order valence-electron chi connectivity index (χ1n) is 2.86. The molecule has 0 radical (unpaired) electrons. The number of ether oxygens (including phenoxy) is 1. The highest BCUT2D eigenvalue weighted by molar-refractivity contribution is 6.61. The van der Waals surface area contributed by atoms with Crippen LogP contribution in [0.5, 0.6) is 0 Å². The summed E-state index contributed by atoms with van der Waals surface area (Å²) in [4.78, 5) is 10.1. The van der Waals surface area contributed by atoms with E-state index in [1.165, 1.54) is 0 Å². The Hall–Kier alpha value is 0.0500. The van der Waals surface area contributed by atoms with Gasteiger partial charge >= 0.3 is 5.43 Å². The zero-order chi connectivity index (χ0) is 8.20. The molecule has 60 valence electrons. The fraction of sp³-hybridized carbons (Fsp3) is 0.833. The molecule has 0 aromatic rings. The molecule has 2 nitrogen and oxygen atoms in total. The molecule has 0 saturated carbocycles. The van der Waals surface area contributed by atoms with Gasteiger partial charge in [0.1, 0.15) is 0 Å². The summed E-state index contributed by atoms with van der Waals surface area (Å²) in [5.41, 5.74) is -0.968. The number of rotatable bonds is 3. The van der Waals surface area contributed by atoms with Crippen molar-refractivity contribution >= 4 is 28.6 Å². The maximum absolute atomic E-state index is 10.1. The van der Waals surface area contributed by atoms with Crippen LogP contribution in [0, 0.1) is 5.41 Å². The van der Waals surface area contributed by atoms with Crippen molar-refractivity contribution in [2.75, 3.05) is 12.5 Å². The fourth-order valence-corrected chi connectivity index (χ4v) is 0.422. The summed E-state index contributed by atoms with van der Waals surface area (Å²) in [6.07, 6.45) is 0. The summed E-state index contributed by atoms with van der Waals surface area (Å²) < 4.78 is 4.54. The van der Waals surface area contributed by atoms with Crippen LogP contribution in [0.25, 0.3) is 0 Å². The Kier molecular flexibility index (Phi) is 4.06. The Labute approximate surface area is 70.4 Å². The molecule has 0 unspecified atom stereocenters. The molecule has 0 N–H and O–H groups in total. The van der Waals surface area contributed by atoms with Crippen LogP contribution >= 0.6 is 23.2 Å². The monoisotopic (exact) mass is 184 g/mol. The molecule has 0 spiro atoms. The summed E-state index contributed by atoms with van der Waals surface area (Å²) >= 11 is 10.5. The van der Waals surface area contributed by atoms with E-state index in [4.69, 9.17) is 23.2 Å². The van der Waals surface area contributed by atoms with Crippen molar-refractivity contribution in [3.8, 4) is 0 Å². The minimum Gasteiger partial charge on any atom is -0.453 e. The lowest BCUT2D eigenvalue weighted by molar-refractivity contribution is 0.129. The molecule has 0 rings (SSSR count). The van der Waals surface area contributed by atoms with Gasteiger partial charge in [0.25, 0.3) is 0 Å². The lowest BCUT2D eigenvalue weighted by Gasteiger charge is -2.19. The highest BCUT2D eigenvalue weighted by Gasteiger charge is 2.17. The van der Waals surface area contributed by atoms with Crippen molar-refractivity contribution in [1.29, 1.82) is 0 Å². The van der Waals surface area contributed by atoms with Crippen molar-refractivity contribution in [3.05, 3.63) is 0 Å². The molecule has 10 heavy (non-hydrogen) atoms. The Balaban J connectivity index is 3.56. The normalized spacial score (nSPS) is 11.2. The van der Waals surface area contributed by atoms with Gasteiger partial charge in [-0.15, -0.1) is 11.6 Å². The lowest BCUT2D eigenvalue weighted by Crippen LogP contribution is -2.21. The van der Waals surface area contributed by atoms with Crippen molar-refractivity contribution in [1.82, 2.24) is 0 Å². The summed E-state index contributed by atoms with van der Waals surface area (Å²) in [6.45, 7) is 4.04. The second-order valence-corrected chi connectivity index (χ2v) is 3.40. The number of carbonyl (C=O) groups is 1. The zero-order valence-electron chi connectivity index (χ0n) is 5.99. The molecule has 0 aromatic carbocycles. The van der Waals surface area contributed by atoms with Gasteiger partial charge in [-0.25, -0.2) is 4.79 Å². The molecule has 0 heterocycles. The second kappa shape index (κ2) is 4.04. The first kappa shape index (κ1) is 10.0. The van der Waals surface area contributed by atoms with Crippen molar-refractivity contribution in [2.45, 2.75) is 13.8 Å². The molecular weight excluding hydrogens is 175 g/mol. The number of hydrogen-bond acceptors (Lipinski definition) is 2. The van der Waals surface area contributed by atoms with Crippen LogP contribution in [0.4, 0.5) is 4.79 Å². The van der Waals surface area contributed by atoms with Crippen LogP contribution in [0.1, 0.15) is 13.8 Å². The standard InChI is InChI=1S/C6H10Cl2O2/c1-6(2,3-7)4-10-5(8)9/h3-4H2,1-2H3. The summed E-state index contributed by atoms with van der Waals surface area (Å²) in [5.74, 6) is 0.442. The van der Waals surface area contributed by atoms with Gasteiger partial charge in [-0.1, -0.05) is 13.8 Å². The van der Waals surface area contributed by atoms with E-state index in [0.29, 0.717) is 5.88 Å². The quantitative estimate of drug-likeness (QED) is 0.499. The highest BCUT2D eigenvalue weighted by Crippen LogP contribution is 2.17. The van der Waals surface area contributed by atoms with E-state index in [9.17, 15) is 4.79 Å². The highest BCUT2D eigenvalue weighted by atomic mass is 35.5. The Morgan fingerprint density at radius 2 is 2.10 bits per heavy atom. The molecule has 0 aliphatic heterocycles. The van der Waals surface area contributed by atoms with Gasteiger partial charge in [-0.2, -0.15) is 0 Å². The van der Waals surface area contributed by atoms with E-state index in [-0.39, 0.29) is 12.0 Å². The molecule has 0 aliphatic carbocycles. The molecular formula is C6H10Cl2O2. The van der Waals surface area contributed by atoms with E-state index >= 15 is 0 Å². The van der Waals surface area contributed by atoms with E-state index in [1.54, 1.807) is 0 Å². The average Bonchev–Trinajstić information content (AvgIpc) is 1.85. The molecule has 0 fully saturated rings. The number of halogens is 2. The predicted octanol–water partition coefficient (Wildman–Crippen LogP) is 2.63. The van der Waals surface area contributed by atoms with Crippen LogP contribution in [-0.4, -0.2) is 17.9 Å².